The van der Waals surface area contributed by atoms with E-state index in [0.29, 0.717) is 52.1 Å². The van der Waals surface area contributed by atoms with Gasteiger partial charge in [0, 0.05) is 68.0 Å². The highest BCUT2D eigenvalue weighted by Gasteiger charge is 2.50. The standard InChI is InChI=1S/C27H52O12SSi2/c1-25(2)17-34-41(35-18-25,15-9-8-14-40)36-19-26(3,4)20-37-42(38-21-27(5,6)22-39-42)16-10-11-31-24(29)33-13-12-32-23(28)30-7/h40H,8-22H2,1-7H3. The van der Waals surface area contributed by atoms with Gasteiger partial charge in [0.1, 0.15) is 13.2 Å². The highest BCUT2D eigenvalue weighted by atomic mass is 32.1. The van der Waals surface area contributed by atoms with Crippen LogP contribution in [0.2, 0.25) is 12.1 Å². The van der Waals surface area contributed by atoms with Crippen molar-refractivity contribution in [2.75, 3.05) is 72.3 Å². The molecule has 2 aliphatic heterocycles. The number of thiol groups is 1. The minimum absolute atomic E-state index is 0.0389. The third kappa shape index (κ3) is 13.8. The molecule has 0 aromatic carbocycles. The molecule has 246 valence electrons. The van der Waals surface area contributed by atoms with Gasteiger partial charge in [0.15, 0.2) is 0 Å². The van der Waals surface area contributed by atoms with Crippen molar-refractivity contribution >= 4 is 42.5 Å². The summed E-state index contributed by atoms with van der Waals surface area (Å²) in [6, 6.07) is 1.24. The highest BCUT2D eigenvalue weighted by Crippen LogP contribution is 2.35. The molecule has 0 aromatic rings. The highest BCUT2D eigenvalue weighted by molar-refractivity contribution is 7.80. The smallest absolute Gasteiger partial charge is 0.438 e. The van der Waals surface area contributed by atoms with Crippen LogP contribution in [0.5, 0.6) is 0 Å². The predicted molar refractivity (Wildman–Crippen MR) is 162 cm³/mol. The summed E-state index contributed by atoms with van der Waals surface area (Å²) < 4.78 is 57.1. The van der Waals surface area contributed by atoms with Gasteiger partial charge in [0.25, 0.3) is 0 Å². The van der Waals surface area contributed by atoms with Gasteiger partial charge in [-0.1, -0.05) is 41.5 Å². The quantitative estimate of drug-likeness (QED) is 0.0968. The fourth-order valence-electron chi connectivity index (χ4n) is 3.89. The van der Waals surface area contributed by atoms with E-state index in [1.165, 1.54) is 7.11 Å². The average Bonchev–Trinajstić information content (AvgIpc) is 2.94. The Balaban J connectivity index is 1.88. The molecule has 0 radical (unpaired) electrons. The number of carbonyl (C=O) groups is 2. The van der Waals surface area contributed by atoms with E-state index in [2.05, 4.69) is 63.6 Å². The Bertz CT molecular complexity index is 822. The van der Waals surface area contributed by atoms with E-state index in [4.69, 9.17) is 36.0 Å². The lowest BCUT2D eigenvalue weighted by molar-refractivity contribution is -0.0705. The minimum atomic E-state index is -3.05. The van der Waals surface area contributed by atoms with Gasteiger partial charge in [-0.15, -0.1) is 0 Å². The second-order valence-corrected chi connectivity index (χ2v) is 19.0. The summed E-state index contributed by atoms with van der Waals surface area (Å²) >= 11 is 4.34. The van der Waals surface area contributed by atoms with Crippen molar-refractivity contribution in [1.29, 1.82) is 0 Å². The Labute approximate surface area is 258 Å². The number of hydrogen-bond acceptors (Lipinski definition) is 13. The third-order valence-electron chi connectivity index (χ3n) is 6.53. The molecular formula is C27H52O12SSi2. The molecule has 2 rings (SSSR count). The summed E-state index contributed by atoms with van der Waals surface area (Å²) in [6.07, 6.45) is 0.688. The molecule has 2 saturated heterocycles. The van der Waals surface area contributed by atoms with Crippen LogP contribution in [-0.2, 0) is 45.5 Å². The molecule has 2 heterocycles. The van der Waals surface area contributed by atoms with Crippen LogP contribution >= 0.6 is 12.6 Å². The van der Waals surface area contributed by atoms with Crippen LogP contribution < -0.4 is 0 Å². The van der Waals surface area contributed by atoms with E-state index in [9.17, 15) is 9.59 Å². The van der Waals surface area contributed by atoms with E-state index in [1.54, 1.807) is 0 Å². The molecule has 0 N–H and O–H groups in total. The molecule has 15 heteroatoms. The zero-order valence-electron chi connectivity index (χ0n) is 26.5. The number of rotatable bonds is 17. The fraction of sp³-hybridized carbons (Fsp3) is 0.926. The van der Waals surface area contributed by atoms with Crippen molar-refractivity contribution in [3.63, 3.8) is 0 Å². The second-order valence-electron chi connectivity index (χ2n) is 13.1. The van der Waals surface area contributed by atoms with Crippen molar-refractivity contribution < 1.29 is 55.1 Å². The number of hydrogen-bond donors (Lipinski definition) is 1. The lowest BCUT2D eigenvalue weighted by atomic mass is 9.97. The first-order valence-electron chi connectivity index (χ1n) is 14.6. The van der Waals surface area contributed by atoms with Crippen LogP contribution in [-0.4, -0.2) is 102 Å². The van der Waals surface area contributed by atoms with Crippen LogP contribution in [0, 0.1) is 16.2 Å². The first kappa shape index (κ1) is 37.3. The minimum Gasteiger partial charge on any atom is -0.438 e. The Kier molecular flexibility index (Phi) is 15.1. The van der Waals surface area contributed by atoms with Gasteiger partial charge in [0.05, 0.1) is 13.7 Å². The molecular weight excluding hydrogens is 605 g/mol. The molecule has 0 aromatic heterocycles. The van der Waals surface area contributed by atoms with Crippen LogP contribution in [0.15, 0.2) is 0 Å². The van der Waals surface area contributed by atoms with Crippen LogP contribution in [0.3, 0.4) is 0 Å². The summed E-state index contributed by atoms with van der Waals surface area (Å²) in [7, 11) is -4.67. The van der Waals surface area contributed by atoms with Gasteiger partial charge >= 0.3 is 29.9 Å². The average molecular weight is 657 g/mol. The van der Waals surface area contributed by atoms with Gasteiger partial charge in [-0.2, -0.15) is 12.6 Å². The van der Waals surface area contributed by atoms with E-state index in [0.717, 1.165) is 24.6 Å². The predicted octanol–water partition coefficient (Wildman–Crippen LogP) is 5.11. The van der Waals surface area contributed by atoms with Crippen LogP contribution in [0.4, 0.5) is 9.59 Å². The normalized spacial score (nSPS) is 20.9. The fourth-order valence-corrected chi connectivity index (χ4v) is 10.4. The number of methoxy groups -OCH3 is 1. The SMILES string of the molecule is COC(=O)OCCOC(=O)OCCC[Si]1(OCC(C)(C)CO[Si]2(CCCCS)OCC(C)(C)CO2)OCC(C)(C)CO1. The number of carbonyl (C=O) groups excluding carboxylic acids is 2. The third-order valence-corrected chi connectivity index (χ3v) is 12.3. The summed E-state index contributed by atoms with van der Waals surface area (Å²) in [5.74, 6) is 0.817. The Hall–Kier alpha value is -0.916. The second kappa shape index (κ2) is 17.0. The van der Waals surface area contributed by atoms with Crippen molar-refractivity contribution in [2.24, 2.45) is 16.2 Å². The maximum atomic E-state index is 11.8. The molecule has 12 nitrogen and oxygen atoms in total. The van der Waals surface area contributed by atoms with E-state index in [-0.39, 0.29) is 36.1 Å². The molecule has 0 spiro atoms. The molecule has 0 saturated carbocycles. The lowest BCUT2D eigenvalue weighted by Gasteiger charge is -2.43. The Morgan fingerprint density at radius 1 is 0.714 bits per heavy atom. The summed E-state index contributed by atoms with van der Waals surface area (Å²) in [5.41, 5.74) is -0.530. The maximum absolute atomic E-state index is 11.8. The largest absolute Gasteiger partial charge is 0.508 e. The van der Waals surface area contributed by atoms with Gasteiger partial charge in [-0.05, 0) is 25.0 Å². The molecule has 0 bridgehead atoms. The van der Waals surface area contributed by atoms with Crippen LogP contribution in [0.25, 0.3) is 0 Å². The zero-order chi connectivity index (χ0) is 31.3. The summed E-state index contributed by atoms with van der Waals surface area (Å²) in [6.45, 7) is 15.4. The molecule has 0 aliphatic carbocycles. The summed E-state index contributed by atoms with van der Waals surface area (Å²) in [5, 5.41) is 0. The van der Waals surface area contributed by atoms with E-state index in [1.807, 2.05) is 0 Å². The van der Waals surface area contributed by atoms with E-state index < -0.39 is 29.9 Å². The van der Waals surface area contributed by atoms with Crippen LogP contribution in [0.1, 0.15) is 60.8 Å². The zero-order valence-corrected chi connectivity index (χ0v) is 29.3. The topological polar surface area (TPSA) is 126 Å². The number of unbranched alkanes of at least 4 members (excludes halogenated alkanes) is 1. The van der Waals surface area contributed by atoms with Crippen molar-refractivity contribution in [1.82, 2.24) is 0 Å². The first-order chi connectivity index (χ1) is 19.7. The lowest BCUT2D eigenvalue weighted by Crippen LogP contribution is -2.56. The maximum Gasteiger partial charge on any atom is 0.508 e. The monoisotopic (exact) mass is 656 g/mol. The number of ether oxygens (including phenoxy) is 4. The molecule has 2 fully saturated rings. The molecule has 0 atom stereocenters. The first-order valence-corrected chi connectivity index (χ1v) is 19.1. The van der Waals surface area contributed by atoms with Crippen molar-refractivity contribution in [3.05, 3.63) is 0 Å². The van der Waals surface area contributed by atoms with Gasteiger partial charge < -0.3 is 45.5 Å². The molecule has 2 aliphatic rings. The molecule has 0 unspecified atom stereocenters. The van der Waals surface area contributed by atoms with E-state index >= 15 is 0 Å². The van der Waals surface area contributed by atoms with Gasteiger partial charge in [-0.25, -0.2) is 9.59 Å². The van der Waals surface area contributed by atoms with Crippen molar-refractivity contribution in [2.45, 2.75) is 72.9 Å². The summed E-state index contributed by atoms with van der Waals surface area (Å²) in [4.78, 5) is 22.8. The van der Waals surface area contributed by atoms with Crippen molar-refractivity contribution in [3.8, 4) is 0 Å². The Morgan fingerprint density at radius 3 is 1.60 bits per heavy atom. The molecule has 42 heavy (non-hydrogen) atoms. The molecule has 0 amide bonds. The van der Waals surface area contributed by atoms with Gasteiger partial charge in [0.2, 0.25) is 0 Å². The Morgan fingerprint density at radius 2 is 1.14 bits per heavy atom. The van der Waals surface area contributed by atoms with Gasteiger partial charge in [-0.3, -0.25) is 0 Å².